The van der Waals surface area contributed by atoms with E-state index in [-0.39, 0.29) is 5.92 Å². The highest BCUT2D eigenvalue weighted by Gasteiger charge is 2.19. The summed E-state index contributed by atoms with van der Waals surface area (Å²) in [4.78, 5) is 11.8. The SMILES string of the molecule is O=C(O)C(CCCCl)c1cccs1. The molecule has 2 nitrogen and oxygen atoms in total. The monoisotopic (exact) mass is 218 g/mol. The molecule has 1 heterocycles. The second-order valence-corrected chi connectivity index (χ2v) is 4.09. The zero-order valence-corrected chi connectivity index (χ0v) is 8.64. The largest absolute Gasteiger partial charge is 0.481 e. The number of carbonyl (C=O) groups is 1. The summed E-state index contributed by atoms with van der Waals surface area (Å²) in [5.41, 5.74) is 0. The van der Waals surface area contributed by atoms with Gasteiger partial charge < -0.3 is 5.11 Å². The van der Waals surface area contributed by atoms with E-state index in [9.17, 15) is 4.79 Å². The van der Waals surface area contributed by atoms with Crippen LogP contribution >= 0.6 is 22.9 Å². The first-order valence-electron chi connectivity index (χ1n) is 4.08. The van der Waals surface area contributed by atoms with Crippen LogP contribution in [0.15, 0.2) is 17.5 Å². The molecule has 0 saturated carbocycles. The van der Waals surface area contributed by atoms with Gasteiger partial charge in [-0.25, -0.2) is 0 Å². The van der Waals surface area contributed by atoms with Gasteiger partial charge in [0.05, 0.1) is 5.92 Å². The molecular weight excluding hydrogens is 208 g/mol. The van der Waals surface area contributed by atoms with Crippen LogP contribution in [0.4, 0.5) is 0 Å². The first kappa shape index (κ1) is 10.5. The average Bonchev–Trinajstić information content (AvgIpc) is 2.57. The third-order valence-electron chi connectivity index (χ3n) is 1.81. The Hall–Kier alpha value is -0.540. The van der Waals surface area contributed by atoms with Gasteiger partial charge in [0.25, 0.3) is 0 Å². The van der Waals surface area contributed by atoms with Crippen LogP contribution in [0, 0.1) is 0 Å². The van der Waals surface area contributed by atoms with Crippen molar-refractivity contribution in [2.45, 2.75) is 18.8 Å². The Labute approximate surface area is 86.2 Å². The topological polar surface area (TPSA) is 37.3 Å². The number of halogens is 1. The van der Waals surface area contributed by atoms with E-state index >= 15 is 0 Å². The molecule has 0 amide bonds. The van der Waals surface area contributed by atoms with Crippen LogP contribution in [0.25, 0.3) is 0 Å². The Morgan fingerprint density at radius 2 is 2.46 bits per heavy atom. The van der Waals surface area contributed by atoms with Gasteiger partial charge in [0.1, 0.15) is 0 Å². The summed E-state index contributed by atoms with van der Waals surface area (Å²) in [5.74, 6) is -0.610. The Morgan fingerprint density at radius 3 is 2.92 bits per heavy atom. The number of carboxylic acids is 1. The van der Waals surface area contributed by atoms with E-state index in [1.54, 1.807) is 0 Å². The van der Waals surface area contributed by atoms with Gasteiger partial charge in [-0.05, 0) is 24.3 Å². The van der Waals surface area contributed by atoms with E-state index in [1.807, 2.05) is 17.5 Å². The van der Waals surface area contributed by atoms with Crippen LogP contribution in [0.3, 0.4) is 0 Å². The smallest absolute Gasteiger partial charge is 0.311 e. The molecule has 1 aromatic heterocycles. The molecule has 0 saturated heterocycles. The summed E-state index contributed by atoms with van der Waals surface area (Å²) in [5, 5.41) is 10.8. The van der Waals surface area contributed by atoms with Crippen molar-refractivity contribution in [2.75, 3.05) is 5.88 Å². The van der Waals surface area contributed by atoms with E-state index in [0.29, 0.717) is 12.3 Å². The van der Waals surface area contributed by atoms with E-state index in [0.717, 1.165) is 11.3 Å². The van der Waals surface area contributed by atoms with E-state index in [4.69, 9.17) is 16.7 Å². The summed E-state index contributed by atoms with van der Waals surface area (Å²) in [6.07, 6.45) is 1.37. The van der Waals surface area contributed by atoms with Gasteiger partial charge in [0.2, 0.25) is 0 Å². The van der Waals surface area contributed by atoms with Crippen LogP contribution in [0.1, 0.15) is 23.6 Å². The number of aliphatic carboxylic acids is 1. The molecule has 0 spiro atoms. The fourth-order valence-corrected chi connectivity index (χ4v) is 2.17. The lowest BCUT2D eigenvalue weighted by Crippen LogP contribution is -2.10. The van der Waals surface area contributed by atoms with Crippen LogP contribution in [0.2, 0.25) is 0 Å². The summed E-state index contributed by atoms with van der Waals surface area (Å²) in [6, 6.07) is 3.73. The first-order chi connectivity index (χ1) is 6.25. The number of thiophene rings is 1. The molecular formula is C9H11ClO2S. The average molecular weight is 219 g/mol. The molecule has 13 heavy (non-hydrogen) atoms. The molecule has 1 N–H and O–H groups in total. The minimum atomic E-state index is -0.757. The molecule has 0 aliphatic rings. The molecule has 72 valence electrons. The van der Waals surface area contributed by atoms with Gasteiger partial charge in [-0.2, -0.15) is 0 Å². The lowest BCUT2D eigenvalue weighted by atomic mass is 10.0. The molecule has 0 radical (unpaired) electrons. The Balaban J connectivity index is 2.63. The van der Waals surface area contributed by atoms with Crippen molar-refractivity contribution in [3.8, 4) is 0 Å². The van der Waals surface area contributed by atoms with Crippen LogP contribution in [0.5, 0.6) is 0 Å². The third-order valence-corrected chi connectivity index (χ3v) is 3.06. The fourth-order valence-electron chi connectivity index (χ4n) is 1.16. The predicted molar refractivity (Wildman–Crippen MR) is 54.6 cm³/mol. The van der Waals surface area contributed by atoms with Gasteiger partial charge >= 0.3 is 5.97 Å². The number of rotatable bonds is 5. The van der Waals surface area contributed by atoms with Gasteiger partial charge in [0, 0.05) is 10.8 Å². The van der Waals surface area contributed by atoms with Crippen molar-refractivity contribution < 1.29 is 9.90 Å². The van der Waals surface area contributed by atoms with Crippen LogP contribution in [-0.2, 0) is 4.79 Å². The maximum atomic E-state index is 10.9. The highest BCUT2D eigenvalue weighted by molar-refractivity contribution is 7.10. The molecule has 0 bridgehead atoms. The molecule has 1 unspecified atom stereocenters. The fraction of sp³-hybridized carbons (Fsp3) is 0.444. The lowest BCUT2D eigenvalue weighted by Gasteiger charge is -2.08. The lowest BCUT2D eigenvalue weighted by molar-refractivity contribution is -0.138. The quantitative estimate of drug-likeness (QED) is 0.772. The Bertz CT molecular complexity index is 259. The van der Waals surface area contributed by atoms with E-state index < -0.39 is 5.97 Å². The van der Waals surface area contributed by atoms with E-state index in [1.165, 1.54) is 11.3 Å². The maximum absolute atomic E-state index is 10.9. The van der Waals surface area contributed by atoms with E-state index in [2.05, 4.69) is 0 Å². The zero-order valence-electron chi connectivity index (χ0n) is 7.07. The van der Waals surface area contributed by atoms with Crippen LogP contribution < -0.4 is 0 Å². The minimum absolute atomic E-state index is 0.376. The second kappa shape index (κ2) is 5.25. The van der Waals surface area contributed by atoms with Gasteiger partial charge in [0.15, 0.2) is 0 Å². The number of carboxylic acid groups (broad SMARTS) is 1. The number of hydrogen-bond acceptors (Lipinski definition) is 2. The molecule has 0 aliphatic carbocycles. The molecule has 1 rings (SSSR count). The first-order valence-corrected chi connectivity index (χ1v) is 5.49. The normalized spacial score (nSPS) is 12.7. The molecule has 1 aromatic rings. The summed E-state index contributed by atoms with van der Waals surface area (Å²) in [7, 11) is 0. The summed E-state index contributed by atoms with van der Waals surface area (Å²) >= 11 is 7.01. The Kier molecular flexibility index (Phi) is 4.25. The molecule has 0 aromatic carbocycles. The summed E-state index contributed by atoms with van der Waals surface area (Å²) in [6.45, 7) is 0. The maximum Gasteiger partial charge on any atom is 0.311 e. The van der Waals surface area contributed by atoms with Crippen molar-refractivity contribution in [1.29, 1.82) is 0 Å². The van der Waals surface area contributed by atoms with Gasteiger partial charge in [-0.1, -0.05) is 6.07 Å². The van der Waals surface area contributed by atoms with Crippen molar-refractivity contribution in [3.63, 3.8) is 0 Å². The molecule has 1 atom stereocenters. The highest BCUT2D eigenvalue weighted by atomic mass is 35.5. The van der Waals surface area contributed by atoms with Crippen molar-refractivity contribution >= 4 is 28.9 Å². The molecule has 0 fully saturated rings. The van der Waals surface area contributed by atoms with Gasteiger partial charge in [-0.15, -0.1) is 22.9 Å². The highest BCUT2D eigenvalue weighted by Crippen LogP contribution is 2.25. The van der Waals surface area contributed by atoms with Crippen molar-refractivity contribution in [2.24, 2.45) is 0 Å². The minimum Gasteiger partial charge on any atom is -0.481 e. The molecule has 4 heteroatoms. The number of alkyl halides is 1. The Morgan fingerprint density at radius 1 is 1.69 bits per heavy atom. The van der Waals surface area contributed by atoms with Crippen LogP contribution in [-0.4, -0.2) is 17.0 Å². The summed E-state index contributed by atoms with van der Waals surface area (Å²) < 4.78 is 0. The van der Waals surface area contributed by atoms with Crippen molar-refractivity contribution in [3.05, 3.63) is 22.4 Å². The van der Waals surface area contributed by atoms with Crippen molar-refractivity contribution in [1.82, 2.24) is 0 Å². The molecule has 0 aliphatic heterocycles. The number of hydrogen-bond donors (Lipinski definition) is 1. The predicted octanol–water partition coefficient (Wildman–Crippen LogP) is 2.94. The van der Waals surface area contributed by atoms with Gasteiger partial charge in [-0.3, -0.25) is 4.79 Å². The standard InChI is InChI=1S/C9H11ClO2S/c10-5-1-3-7(9(11)12)8-4-2-6-13-8/h2,4,6-7H,1,3,5H2,(H,11,12). The third kappa shape index (κ3) is 3.01. The zero-order chi connectivity index (χ0) is 9.68. The second-order valence-electron chi connectivity index (χ2n) is 2.74.